The molecule has 1 saturated carbocycles. The predicted molar refractivity (Wildman–Crippen MR) is 77.4 cm³/mol. The fourth-order valence-corrected chi connectivity index (χ4v) is 1.74. The van der Waals surface area contributed by atoms with Gasteiger partial charge in [-0.05, 0) is 44.5 Å². The second-order valence-electron chi connectivity index (χ2n) is 4.43. The van der Waals surface area contributed by atoms with Crippen LogP contribution in [0.15, 0.2) is 24.2 Å². The molecular weight excluding hydrogens is 238 g/mol. The van der Waals surface area contributed by atoms with Crippen molar-refractivity contribution in [3.05, 3.63) is 29.8 Å². The summed E-state index contributed by atoms with van der Waals surface area (Å²) < 4.78 is 106. The van der Waals surface area contributed by atoms with Gasteiger partial charge in [-0.3, -0.25) is 0 Å². The van der Waals surface area contributed by atoms with E-state index in [1.807, 2.05) is 0 Å². The maximum absolute atomic E-state index is 11.7. The molecule has 0 radical (unpaired) electrons. The molecule has 0 saturated heterocycles. The van der Waals surface area contributed by atoms with Crippen LogP contribution in [0.25, 0.3) is 0 Å². The molecular formula is C16H25NO2. The minimum atomic E-state index is -3.89. The molecule has 1 aromatic rings. The van der Waals surface area contributed by atoms with Crippen LogP contribution in [0.2, 0.25) is 0 Å². The number of rotatable bonds is 4. The number of nitrogens with zero attached hydrogens (tertiary/aromatic N) is 1. The van der Waals surface area contributed by atoms with Gasteiger partial charge in [0.2, 0.25) is 0 Å². The summed E-state index contributed by atoms with van der Waals surface area (Å²) >= 11 is 0. The van der Waals surface area contributed by atoms with Crippen LogP contribution in [0.4, 0.5) is 0 Å². The van der Waals surface area contributed by atoms with Crippen molar-refractivity contribution in [2.75, 3.05) is 20.6 Å². The molecule has 0 heterocycles. The molecule has 3 nitrogen and oxygen atoms in total. The molecule has 0 aromatic heterocycles. The van der Waals surface area contributed by atoms with Gasteiger partial charge >= 0.3 is 0 Å². The van der Waals surface area contributed by atoms with Crippen molar-refractivity contribution in [3.8, 4) is 5.75 Å². The van der Waals surface area contributed by atoms with Crippen molar-refractivity contribution < 1.29 is 28.0 Å². The van der Waals surface area contributed by atoms with E-state index in [2.05, 4.69) is 0 Å². The minimum absolute atomic E-state index is 0.552. The molecule has 1 aliphatic rings. The first-order valence-electron chi connectivity index (χ1n) is 12.2. The molecule has 0 bridgehead atoms. The lowest BCUT2D eigenvalue weighted by atomic mass is 9.72. The summed E-state index contributed by atoms with van der Waals surface area (Å²) in [5.41, 5.74) is -4.44. The van der Waals surface area contributed by atoms with E-state index in [9.17, 15) is 10.2 Å². The van der Waals surface area contributed by atoms with Gasteiger partial charge < -0.3 is 15.1 Å². The first-order chi connectivity index (χ1) is 14.0. The van der Waals surface area contributed by atoms with E-state index in [1.165, 1.54) is 19.0 Å². The van der Waals surface area contributed by atoms with Crippen LogP contribution in [-0.4, -0.2) is 41.4 Å². The quantitative estimate of drug-likeness (QED) is 0.888. The molecule has 2 rings (SSSR count). The Bertz CT molecular complexity index is 864. The van der Waals surface area contributed by atoms with Gasteiger partial charge in [0.1, 0.15) is 5.75 Å². The summed E-state index contributed by atoms with van der Waals surface area (Å²) in [5.74, 6) is -3.77. The zero-order valence-electron chi connectivity index (χ0n) is 23.7. The number of likely N-dealkylation sites (N-methyl/N-ethyl adjacent to an activating group) is 1. The third kappa shape index (κ3) is 3.48. The average Bonchev–Trinajstić information content (AvgIpc) is 2.62. The number of aliphatic hydroxyl groups is 1. The zero-order chi connectivity index (χ0) is 25.5. The van der Waals surface area contributed by atoms with Gasteiger partial charge in [0.25, 0.3) is 0 Å². The number of benzene rings is 1. The average molecular weight is 276 g/mol. The fraction of sp³-hybridized carbons (Fsp3) is 0.625. The van der Waals surface area contributed by atoms with Crippen LogP contribution in [0.1, 0.15) is 61.1 Å². The van der Waals surface area contributed by atoms with Gasteiger partial charge in [-0.25, -0.2) is 0 Å². The van der Waals surface area contributed by atoms with Crippen LogP contribution < -0.4 is 0 Å². The number of aromatic hydroxyl groups is 1. The van der Waals surface area contributed by atoms with Crippen LogP contribution in [0.5, 0.6) is 5.75 Å². The lowest BCUT2D eigenvalue weighted by molar-refractivity contribution is -0.0277. The van der Waals surface area contributed by atoms with Gasteiger partial charge in [-0.2, -0.15) is 0 Å². The van der Waals surface area contributed by atoms with Crippen LogP contribution in [0.3, 0.4) is 0 Å². The van der Waals surface area contributed by atoms with Gasteiger partial charge in [0.05, 0.1) is 8.34 Å². The third-order valence-corrected chi connectivity index (χ3v) is 2.60. The summed E-state index contributed by atoms with van der Waals surface area (Å²) in [7, 11) is 2.74. The maximum atomic E-state index is 11.7. The first-order valence-corrected chi connectivity index (χ1v) is 5.67. The zero-order valence-corrected chi connectivity index (χ0v) is 10.7. The second kappa shape index (κ2) is 5.93. The number of phenols is 1. The van der Waals surface area contributed by atoms with Crippen molar-refractivity contribution in [1.29, 1.82) is 0 Å². The highest BCUT2D eigenvalue weighted by molar-refractivity contribution is 5.30. The first kappa shape index (κ1) is 5.05. The predicted octanol–water partition coefficient (Wildman–Crippen LogP) is 2.73. The number of hydrogen-bond acceptors (Lipinski definition) is 3. The molecule has 2 N–H and O–H groups in total. The Morgan fingerprint density at radius 3 is 2.47 bits per heavy atom. The van der Waals surface area contributed by atoms with E-state index in [-0.39, 0.29) is 0 Å². The summed E-state index contributed by atoms with van der Waals surface area (Å²) in [6.45, 7) is -0.735. The standard InChI is InChI=1S/C16H25NO2/c1-17(2)12-15(13-6-8-14(18)9-7-13)16(19)10-4-3-5-11-16/h6-9,15,18-19H,3-5,10-12H2,1-2H3/i3D2,4D2,5D2,8D,9D,10D2,11D2,15D. The van der Waals surface area contributed by atoms with Crippen molar-refractivity contribution >= 4 is 0 Å². The van der Waals surface area contributed by atoms with Crippen molar-refractivity contribution in [3.63, 3.8) is 0 Å². The van der Waals surface area contributed by atoms with Gasteiger partial charge in [0, 0.05) is 27.5 Å². The molecule has 1 atom stereocenters. The Labute approximate surface area is 134 Å². The second-order valence-corrected chi connectivity index (χ2v) is 4.43. The van der Waals surface area contributed by atoms with E-state index in [1.54, 1.807) is 0 Å². The minimum Gasteiger partial charge on any atom is -0.508 e. The molecule has 1 unspecified atom stereocenters. The normalized spacial score (nSPS) is 45.4. The molecule has 3 heteroatoms. The SMILES string of the molecule is [2H]c1cc(C([2H])(CN(C)C)C2(O)C([2H])([2H])C([2H])([2H])C([2H])([2H])C([2H])([2H])C2([2H])[2H])cc([2H])c1O. The van der Waals surface area contributed by atoms with Gasteiger partial charge in [-0.1, -0.05) is 31.3 Å². The molecule has 0 amide bonds. The summed E-state index contributed by atoms with van der Waals surface area (Å²) in [6.07, 6.45) is -19.2. The third-order valence-electron chi connectivity index (χ3n) is 2.60. The van der Waals surface area contributed by atoms with Crippen molar-refractivity contribution in [2.24, 2.45) is 0 Å². The fourth-order valence-electron chi connectivity index (χ4n) is 1.74. The molecule has 0 aliphatic heterocycles. The molecule has 1 fully saturated rings. The van der Waals surface area contributed by atoms with Crippen LogP contribution in [0, 0.1) is 0 Å². The highest BCUT2D eigenvalue weighted by atomic mass is 16.3. The number of phenolic OH excluding ortho intramolecular Hbond substituents is 1. The Kier molecular flexibility index (Phi) is 1.58. The maximum Gasteiger partial charge on any atom is 0.115 e. The Hall–Kier alpha value is -1.06. The van der Waals surface area contributed by atoms with E-state index in [0.717, 1.165) is 12.1 Å². The molecule has 19 heavy (non-hydrogen) atoms. The monoisotopic (exact) mass is 276 g/mol. The van der Waals surface area contributed by atoms with Crippen LogP contribution in [-0.2, 0) is 0 Å². The summed E-state index contributed by atoms with van der Waals surface area (Å²) in [5, 5.41) is 21.5. The smallest absolute Gasteiger partial charge is 0.115 e. The Morgan fingerprint density at radius 2 is 1.95 bits per heavy atom. The topological polar surface area (TPSA) is 43.7 Å². The van der Waals surface area contributed by atoms with E-state index in [4.69, 9.17) is 17.8 Å². The molecule has 106 valence electrons. The van der Waals surface area contributed by atoms with Crippen LogP contribution >= 0.6 is 0 Å². The lowest BCUT2D eigenvalue weighted by Gasteiger charge is -2.40. The highest BCUT2D eigenvalue weighted by Gasteiger charge is 2.38. The molecule has 1 aliphatic carbocycles. The molecule has 1 aromatic carbocycles. The Morgan fingerprint density at radius 1 is 1.37 bits per heavy atom. The van der Waals surface area contributed by atoms with Crippen molar-refractivity contribution in [2.45, 2.75) is 43.4 Å². The van der Waals surface area contributed by atoms with E-state index < -0.39 is 73.3 Å². The van der Waals surface area contributed by atoms with E-state index >= 15 is 0 Å². The molecule has 0 spiro atoms. The van der Waals surface area contributed by atoms with Gasteiger partial charge in [0.15, 0.2) is 0 Å². The summed E-state index contributed by atoms with van der Waals surface area (Å²) in [4.78, 5) is 1.21. The summed E-state index contributed by atoms with van der Waals surface area (Å²) in [6, 6.07) is 0.152. The van der Waals surface area contributed by atoms with E-state index in [0.29, 0.717) is 0 Å². The van der Waals surface area contributed by atoms with Gasteiger partial charge in [-0.15, -0.1) is 0 Å². The largest absolute Gasteiger partial charge is 0.508 e. The Balaban J connectivity index is 3.09. The van der Waals surface area contributed by atoms with Crippen molar-refractivity contribution in [1.82, 2.24) is 4.90 Å². The number of hydrogen-bond donors (Lipinski definition) is 2. The lowest BCUT2D eigenvalue weighted by Crippen LogP contribution is -2.42. The highest BCUT2D eigenvalue weighted by Crippen LogP contribution is 2.40.